The molecule has 0 fully saturated rings. The molecule has 0 heterocycles. The van der Waals surface area contributed by atoms with Crippen LogP contribution in [0.25, 0.3) is 0 Å². The van der Waals surface area contributed by atoms with Gasteiger partial charge in [-0.3, -0.25) is 0 Å². The molecule has 0 saturated carbocycles. The Hall–Kier alpha value is -1.34. The second kappa shape index (κ2) is 6.41. The fraction of sp³-hybridized carbons (Fsp3) is 0.385. The number of rotatable bonds is 4. The first-order valence-corrected chi connectivity index (χ1v) is 6.59. The van der Waals surface area contributed by atoms with Crippen LogP contribution in [0.1, 0.15) is 40.9 Å². The van der Waals surface area contributed by atoms with Crippen LogP contribution in [0.3, 0.4) is 0 Å². The summed E-state index contributed by atoms with van der Waals surface area (Å²) in [6.45, 7) is 4.09. The average Bonchev–Trinajstić information content (AvgIpc) is 2.37. The Bertz CT molecular complexity index is 463. The van der Waals surface area contributed by atoms with Crippen molar-refractivity contribution in [1.29, 1.82) is 5.26 Å². The third-order valence-corrected chi connectivity index (χ3v) is 3.07. The van der Waals surface area contributed by atoms with Crippen molar-refractivity contribution in [1.82, 2.24) is 0 Å². The van der Waals surface area contributed by atoms with Gasteiger partial charge in [0.2, 0.25) is 0 Å². The van der Waals surface area contributed by atoms with Crippen LogP contribution in [-0.4, -0.2) is 12.6 Å². The summed E-state index contributed by atoms with van der Waals surface area (Å²) in [4.78, 5) is 11.8. The van der Waals surface area contributed by atoms with E-state index in [9.17, 15) is 4.79 Å². The number of benzene rings is 1. The Balaban J connectivity index is 3.35. The molecule has 0 radical (unpaired) electrons. The molecule has 1 rings (SSSR count). The molecule has 17 heavy (non-hydrogen) atoms. The molecule has 0 atom stereocenters. The van der Waals surface area contributed by atoms with Crippen molar-refractivity contribution in [2.75, 3.05) is 6.61 Å². The molecule has 0 unspecified atom stereocenters. The second-order valence-electron chi connectivity index (χ2n) is 3.48. The molecule has 90 valence electrons. The molecule has 4 heteroatoms. The van der Waals surface area contributed by atoms with Crippen molar-refractivity contribution in [3.63, 3.8) is 0 Å². The minimum atomic E-state index is -0.358. The van der Waals surface area contributed by atoms with Gasteiger partial charge in [-0.15, -0.1) is 0 Å². The van der Waals surface area contributed by atoms with Crippen LogP contribution >= 0.6 is 15.9 Å². The number of nitriles is 1. The minimum Gasteiger partial charge on any atom is -0.462 e. The fourth-order valence-corrected chi connectivity index (χ4v) is 2.22. The summed E-state index contributed by atoms with van der Waals surface area (Å²) in [5.74, 6) is -0.358. The SMILES string of the molecule is CCOC(=O)c1cc(C#N)cc(CBr)c1CC. The highest BCUT2D eigenvalue weighted by atomic mass is 79.9. The lowest BCUT2D eigenvalue weighted by Gasteiger charge is -2.11. The van der Waals surface area contributed by atoms with E-state index in [0.29, 0.717) is 23.1 Å². The van der Waals surface area contributed by atoms with Crippen LogP contribution in [0.2, 0.25) is 0 Å². The van der Waals surface area contributed by atoms with E-state index in [1.165, 1.54) is 0 Å². The van der Waals surface area contributed by atoms with Gasteiger partial charge in [0.1, 0.15) is 0 Å². The van der Waals surface area contributed by atoms with E-state index in [0.717, 1.165) is 17.5 Å². The molecule has 0 saturated heterocycles. The van der Waals surface area contributed by atoms with Crippen LogP contribution in [0.5, 0.6) is 0 Å². The first kappa shape index (κ1) is 13.7. The molecule has 0 spiro atoms. The average molecular weight is 296 g/mol. The van der Waals surface area contributed by atoms with E-state index < -0.39 is 0 Å². The predicted octanol–water partition coefficient (Wildman–Crippen LogP) is 3.19. The summed E-state index contributed by atoms with van der Waals surface area (Å²) in [5, 5.41) is 9.56. The number of carbonyl (C=O) groups excluding carboxylic acids is 1. The fourth-order valence-electron chi connectivity index (χ4n) is 1.72. The van der Waals surface area contributed by atoms with Gasteiger partial charge in [0.15, 0.2) is 0 Å². The number of esters is 1. The number of halogens is 1. The molecular weight excluding hydrogens is 282 g/mol. The summed E-state index contributed by atoms with van der Waals surface area (Å²) in [7, 11) is 0. The highest BCUT2D eigenvalue weighted by Crippen LogP contribution is 2.21. The Labute approximate surface area is 110 Å². The number of carbonyl (C=O) groups is 1. The van der Waals surface area contributed by atoms with E-state index >= 15 is 0 Å². The Kier molecular flexibility index (Phi) is 5.17. The van der Waals surface area contributed by atoms with Crippen LogP contribution in [0.4, 0.5) is 0 Å². The van der Waals surface area contributed by atoms with Gasteiger partial charge in [-0.2, -0.15) is 5.26 Å². The summed E-state index contributed by atoms with van der Waals surface area (Å²) < 4.78 is 5.01. The monoisotopic (exact) mass is 295 g/mol. The van der Waals surface area contributed by atoms with Crippen LogP contribution in [0, 0.1) is 11.3 Å². The number of ether oxygens (including phenoxy) is 1. The topological polar surface area (TPSA) is 50.1 Å². The molecule has 1 aromatic rings. The minimum absolute atomic E-state index is 0.336. The zero-order valence-corrected chi connectivity index (χ0v) is 11.5. The van der Waals surface area contributed by atoms with Crippen molar-refractivity contribution < 1.29 is 9.53 Å². The van der Waals surface area contributed by atoms with Gasteiger partial charge in [-0.1, -0.05) is 22.9 Å². The molecule has 0 N–H and O–H groups in total. The summed E-state index contributed by atoms with van der Waals surface area (Å²) in [6.07, 6.45) is 0.737. The van der Waals surface area contributed by atoms with Crippen molar-refractivity contribution in [3.8, 4) is 6.07 Å². The van der Waals surface area contributed by atoms with Gasteiger partial charge in [0, 0.05) is 5.33 Å². The number of nitrogens with zero attached hydrogens (tertiary/aromatic N) is 1. The maximum absolute atomic E-state index is 11.8. The smallest absolute Gasteiger partial charge is 0.338 e. The van der Waals surface area contributed by atoms with Crippen molar-refractivity contribution in [2.24, 2.45) is 0 Å². The Morgan fingerprint density at radius 1 is 1.47 bits per heavy atom. The van der Waals surface area contributed by atoms with Crippen molar-refractivity contribution >= 4 is 21.9 Å². The van der Waals surface area contributed by atoms with Crippen molar-refractivity contribution in [3.05, 3.63) is 34.4 Å². The molecule has 0 aliphatic carbocycles. The van der Waals surface area contributed by atoms with Crippen LogP contribution < -0.4 is 0 Å². The van der Waals surface area contributed by atoms with E-state index in [1.807, 2.05) is 6.92 Å². The highest BCUT2D eigenvalue weighted by molar-refractivity contribution is 9.08. The lowest BCUT2D eigenvalue weighted by atomic mass is 9.97. The standard InChI is InChI=1S/C13H14BrNO2/c1-3-11-10(7-14)5-9(8-15)6-12(11)13(16)17-4-2/h5-6H,3-4,7H2,1-2H3. The lowest BCUT2D eigenvalue weighted by Crippen LogP contribution is -2.10. The molecular formula is C13H14BrNO2. The van der Waals surface area contributed by atoms with Gasteiger partial charge >= 0.3 is 5.97 Å². The molecule has 3 nitrogen and oxygen atoms in total. The predicted molar refractivity (Wildman–Crippen MR) is 69.1 cm³/mol. The maximum atomic E-state index is 11.8. The highest BCUT2D eigenvalue weighted by Gasteiger charge is 2.16. The summed E-state index contributed by atoms with van der Waals surface area (Å²) in [5.41, 5.74) is 2.90. The van der Waals surface area contributed by atoms with Gasteiger partial charge in [0.25, 0.3) is 0 Å². The van der Waals surface area contributed by atoms with Gasteiger partial charge in [-0.25, -0.2) is 4.79 Å². The Morgan fingerprint density at radius 2 is 2.18 bits per heavy atom. The van der Waals surface area contributed by atoms with Gasteiger partial charge in [-0.05, 0) is 36.6 Å². The molecule has 0 aromatic heterocycles. The van der Waals surface area contributed by atoms with Crippen molar-refractivity contribution in [2.45, 2.75) is 25.6 Å². The van der Waals surface area contributed by atoms with Gasteiger partial charge in [0.05, 0.1) is 23.8 Å². The molecule has 0 aliphatic heterocycles. The first-order chi connectivity index (χ1) is 8.17. The number of alkyl halides is 1. The Morgan fingerprint density at radius 3 is 2.65 bits per heavy atom. The second-order valence-corrected chi connectivity index (χ2v) is 4.04. The van der Waals surface area contributed by atoms with E-state index in [2.05, 4.69) is 22.0 Å². The van der Waals surface area contributed by atoms with Crippen LogP contribution in [0.15, 0.2) is 12.1 Å². The first-order valence-electron chi connectivity index (χ1n) is 5.46. The quantitative estimate of drug-likeness (QED) is 0.633. The lowest BCUT2D eigenvalue weighted by molar-refractivity contribution is 0.0525. The summed E-state index contributed by atoms with van der Waals surface area (Å²) in [6, 6.07) is 5.46. The van der Waals surface area contributed by atoms with Crippen LogP contribution in [-0.2, 0) is 16.5 Å². The third-order valence-electron chi connectivity index (χ3n) is 2.46. The molecule has 0 amide bonds. The number of hydrogen-bond donors (Lipinski definition) is 0. The van der Waals surface area contributed by atoms with Gasteiger partial charge < -0.3 is 4.74 Å². The zero-order chi connectivity index (χ0) is 12.8. The maximum Gasteiger partial charge on any atom is 0.338 e. The molecule has 1 aromatic carbocycles. The molecule has 0 bridgehead atoms. The largest absolute Gasteiger partial charge is 0.462 e. The third kappa shape index (κ3) is 3.07. The zero-order valence-electron chi connectivity index (χ0n) is 9.92. The van der Waals surface area contributed by atoms with E-state index in [1.54, 1.807) is 19.1 Å². The van der Waals surface area contributed by atoms with E-state index in [4.69, 9.17) is 10.00 Å². The summed E-state index contributed by atoms with van der Waals surface area (Å²) >= 11 is 3.37. The normalized spacial score (nSPS) is 9.76. The van der Waals surface area contributed by atoms with E-state index in [-0.39, 0.29) is 5.97 Å². The molecule has 0 aliphatic rings. The number of hydrogen-bond acceptors (Lipinski definition) is 3.